The van der Waals surface area contributed by atoms with Crippen molar-refractivity contribution >= 4 is 5.97 Å². The lowest BCUT2D eigenvalue weighted by Gasteiger charge is -2.15. The Balaban J connectivity index is 2.65. The van der Waals surface area contributed by atoms with Crippen LogP contribution in [-0.4, -0.2) is 24.4 Å². The van der Waals surface area contributed by atoms with Gasteiger partial charge in [0.15, 0.2) is 0 Å². The molecule has 134 valence electrons. The van der Waals surface area contributed by atoms with Gasteiger partial charge in [-0.15, -0.1) is 13.2 Å². The number of benzene rings is 1. The van der Waals surface area contributed by atoms with Crippen LogP contribution < -0.4 is 4.74 Å². The molecule has 25 heavy (non-hydrogen) atoms. The quantitative estimate of drug-likeness (QED) is 0.596. The maximum Gasteiger partial charge on any atom is 0.573 e. The Hall–Kier alpha value is -2.78. The fourth-order valence-corrected chi connectivity index (χ4v) is 1.98. The van der Waals surface area contributed by atoms with Crippen LogP contribution in [0.2, 0.25) is 0 Å². The van der Waals surface area contributed by atoms with Gasteiger partial charge in [-0.25, -0.2) is 4.79 Å². The molecule has 0 unspecified atom stereocenters. The zero-order valence-electron chi connectivity index (χ0n) is 12.4. The number of esters is 1. The van der Waals surface area contributed by atoms with Crippen LogP contribution in [0.1, 0.15) is 15.9 Å². The third kappa shape index (κ3) is 4.40. The summed E-state index contributed by atoms with van der Waals surface area (Å²) in [6.07, 6.45) is -9.42. The number of nitrogens with zero attached hydrogens (tertiary/aromatic N) is 1. The number of alkyl halides is 6. The number of hydrogen-bond donors (Lipinski definition) is 0. The van der Waals surface area contributed by atoms with Gasteiger partial charge in [-0.2, -0.15) is 13.2 Å². The first-order chi connectivity index (χ1) is 11.5. The van der Waals surface area contributed by atoms with Gasteiger partial charge in [-0.1, -0.05) is 12.1 Å². The Labute approximate surface area is 137 Å². The van der Waals surface area contributed by atoms with Crippen LogP contribution in [0.5, 0.6) is 5.75 Å². The molecule has 0 saturated carbocycles. The third-order valence-corrected chi connectivity index (χ3v) is 2.99. The highest BCUT2D eigenvalue weighted by molar-refractivity contribution is 5.97. The molecular weight excluding hydrogens is 356 g/mol. The molecule has 4 nitrogen and oxygen atoms in total. The fourth-order valence-electron chi connectivity index (χ4n) is 1.98. The summed E-state index contributed by atoms with van der Waals surface area (Å²) in [5, 5.41) is 0. The first-order valence-corrected chi connectivity index (χ1v) is 6.53. The van der Waals surface area contributed by atoms with Gasteiger partial charge in [0, 0.05) is 11.8 Å². The zero-order chi connectivity index (χ0) is 18.8. The molecule has 0 fully saturated rings. The first-order valence-electron chi connectivity index (χ1n) is 6.53. The summed E-state index contributed by atoms with van der Waals surface area (Å²) in [7, 11) is 0.921. The number of ether oxygens (including phenoxy) is 2. The summed E-state index contributed by atoms with van der Waals surface area (Å²) in [4.78, 5) is 15.3. The molecule has 0 spiro atoms. The second-order valence-corrected chi connectivity index (χ2v) is 4.65. The van der Waals surface area contributed by atoms with Crippen molar-refractivity contribution in [2.45, 2.75) is 12.5 Å². The van der Waals surface area contributed by atoms with E-state index in [0.29, 0.717) is 12.3 Å². The number of halogens is 6. The number of carbonyl (C=O) groups is 1. The average molecular weight is 365 g/mol. The van der Waals surface area contributed by atoms with Crippen LogP contribution in [0.3, 0.4) is 0 Å². The summed E-state index contributed by atoms with van der Waals surface area (Å²) in [6, 6.07) is 5.08. The summed E-state index contributed by atoms with van der Waals surface area (Å²) in [6.45, 7) is 0. The predicted molar refractivity (Wildman–Crippen MR) is 72.7 cm³/mol. The molecular formula is C15H9F6NO3. The Morgan fingerprint density at radius 1 is 1.08 bits per heavy atom. The lowest BCUT2D eigenvalue weighted by molar-refractivity contribution is -0.274. The number of para-hydroxylation sites is 1. The van der Waals surface area contributed by atoms with Crippen molar-refractivity contribution in [2.75, 3.05) is 7.11 Å². The van der Waals surface area contributed by atoms with Crippen molar-refractivity contribution in [2.24, 2.45) is 0 Å². The molecule has 1 heterocycles. The molecule has 0 atom stereocenters. The summed E-state index contributed by atoms with van der Waals surface area (Å²) < 4.78 is 84.2. The molecule has 0 N–H and O–H groups in total. The van der Waals surface area contributed by atoms with Crippen LogP contribution in [-0.2, 0) is 10.9 Å². The van der Waals surface area contributed by atoms with Crippen molar-refractivity contribution in [3.05, 3.63) is 47.7 Å². The lowest BCUT2D eigenvalue weighted by atomic mass is 10.0. The normalized spacial score (nSPS) is 12.0. The standard InChI is InChI=1S/C15H9F6NO3/c1-24-13(23)10-6-8(14(16,17)18)7-22-12(10)9-4-2-3-5-11(9)25-15(19,20)21/h2-7H,1H3. The predicted octanol–water partition coefficient (Wildman–Crippen LogP) is 4.45. The fraction of sp³-hybridized carbons (Fsp3) is 0.200. The zero-order valence-corrected chi connectivity index (χ0v) is 12.4. The number of methoxy groups -OCH3 is 1. The minimum Gasteiger partial charge on any atom is -0.465 e. The van der Waals surface area contributed by atoms with Crippen LogP contribution in [0, 0.1) is 0 Å². The van der Waals surface area contributed by atoms with Gasteiger partial charge in [-0.3, -0.25) is 4.98 Å². The van der Waals surface area contributed by atoms with E-state index in [0.717, 1.165) is 19.2 Å². The number of pyridine rings is 1. The van der Waals surface area contributed by atoms with E-state index < -0.39 is 41.1 Å². The van der Waals surface area contributed by atoms with E-state index in [4.69, 9.17) is 0 Å². The molecule has 0 saturated heterocycles. The molecule has 0 aliphatic heterocycles. The van der Waals surface area contributed by atoms with E-state index in [1.165, 1.54) is 12.1 Å². The maximum absolute atomic E-state index is 12.8. The van der Waals surface area contributed by atoms with Crippen LogP contribution in [0.4, 0.5) is 26.3 Å². The van der Waals surface area contributed by atoms with E-state index >= 15 is 0 Å². The summed E-state index contributed by atoms with van der Waals surface area (Å²) in [5.41, 5.74) is -2.63. The summed E-state index contributed by atoms with van der Waals surface area (Å²) in [5.74, 6) is -1.90. The molecule has 2 rings (SSSR count). The largest absolute Gasteiger partial charge is 0.573 e. The topological polar surface area (TPSA) is 48.4 Å². The van der Waals surface area contributed by atoms with Crippen molar-refractivity contribution in [1.82, 2.24) is 4.98 Å². The minimum atomic E-state index is -5.03. The van der Waals surface area contributed by atoms with Gasteiger partial charge >= 0.3 is 18.5 Å². The van der Waals surface area contributed by atoms with E-state index in [1.54, 1.807) is 0 Å². The molecule has 2 aromatic rings. The average Bonchev–Trinajstić information content (AvgIpc) is 2.52. The van der Waals surface area contributed by atoms with Crippen molar-refractivity contribution in [1.29, 1.82) is 0 Å². The number of rotatable bonds is 3. The van der Waals surface area contributed by atoms with Gasteiger partial charge in [-0.05, 0) is 18.2 Å². The van der Waals surface area contributed by atoms with Gasteiger partial charge in [0.05, 0.1) is 23.9 Å². The Morgan fingerprint density at radius 3 is 2.28 bits per heavy atom. The highest BCUT2D eigenvalue weighted by Gasteiger charge is 2.35. The second-order valence-electron chi connectivity index (χ2n) is 4.65. The second kappa shape index (κ2) is 6.61. The molecule has 0 bridgehead atoms. The number of aromatic nitrogens is 1. The third-order valence-electron chi connectivity index (χ3n) is 2.99. The number of hydrogen-bond acceptors (Lipinski definition) is 4. The van der Waals surface area contributed by atoms with Crippen molar-refractivity contribution < 1.29 is 40.6 Å². The van der Waals surface area contributed by atoms with E-state index in [-0.39, 0.29) is 5.56 Å². The van der Waals surface area contributed by atoms with Gasteiger partial charge < -0.3 is 9.47 Å². The Bertz CT molecular complexity index is 786. The van der Waals surface area contributed by atoms with E-state index in [1.807, 2.05) is 0 Å². The highest BCUT2D eigenvalue weighted by atomic mass is 19.4. The van der Waals surface area contributed by atoms with Crippen LogP contribution in [0.25, 0.3) is 11.3 Å². The molecule has 0 aliphatic rings. The highest BCUT2D eigenvalue weighted by Crippen LogP contribution is 2.37. The van der Waals surface area contributed by atoms with Crippen LogP contribution >= 0.6 is 0 Å². The Morgan fingerprint density at radius 2 is 1.72 bits per heavy atom. The molecule has 0 amide bonds. The molecule has 1 aromatic carbocycles. The smallest absolute Gasteiger partial charge is 0.465 e. The molecule has 0 radical (unpaired) electrons. The lowest BCUT2D eigenvalue weighted by Crippen LogP contribution is -2.18. The van der Waals surface area contributed by atoms with E-state index in [2.05, 4.69) is 14.5 Å². The minimum absolute atomic E-state index is 0.311. The SMILES string of the molecule is COC(=O)c1cc(C(F)(F)F)cnc1-c1ccccc1OC(F)(F)F. The summed E-state index contributed by atoms with van der Waals surface area (Å²) >= 11 is 0. The van der Waals surface area contributed by atoms with Gasteiger partial charge in [0.1, 0.15) is 5.75 Å². The first kappa shape index (κ1) is 18.6. The van der Waals surface area contributed by atoms with Crippen LogP contribution in [0.15, 0.2) is 36.5 Å². The van der Waals surface area contributed by atoms with Crippen molar-refractivity contribution in [3.8, 4) is 17.0 Å². The maximum atomic E-state index is 12.8. The Kier molecular flexibility index (Phi) is 4.91. The molecule has 1 aromatic heterocycles. The molecule has 0 aliphatic carbocycles. The van der Waals surface area contributed by atoms with Gasteiger partial charge in [0.25, 0.3) is 0 Å². The monoisotopic (exact) mass is 365 g/mol. The van der Waals surface area contributed by atoms with Gasteiger partial charge in [0.2, 0.25) is 0 Å². The molecule has 10 heteroatoms. The number of carbonyl (C=O) groups excluding carboxylic acids is 1. The van der Waals surface area contributed by atoms with Crippen molar-refractivity contribution in [3.63, 3.8) is 0 Å². The van der Waals surface area contributed by atoms with E-state index in [9.17, 15) is 31.1 Å².